The van der Waals surface area contributed by atoms with Gasteiger partial charge in [0, 0.05) is 11.3 Å². The molecule has 0 saturated carbocycles. The van der Waals surface area contributed by atoms with Crippen LogP contribution >= 0.6 is 11.3 Å². The number of amidine groups is 1. The average Bonchev–Trinajstić information content (AvgIpc) is 2.81. The highest BCUT2D eigenvalue weighted by Gasteiger charge is 2.26. The highest BCUT2D eigenvalue weighted by Crippen LogP contribution is 2.34. The first-order valence-corrected chi connectivity index (χ1v) is 6.66. The number of nitrogens with two attached hydrogens (primary N) is 1. The fourth-order valence-corrected chi connectivity index (χ4v) is 3.54. The van der Waals surface area contributed by atoms with Crippen LogP contribution in [-0.4, -0.2) is 16.9 Å². The van der Waals surface area contributed by atoms with E-state index in [0.29, 0.717) is 6.04 Å². The second kappa shape index (κ2) is 3.73. The van der Waals surface area contributed by atoms with E-state index >= 15 is 0 Å². The van der Waals surface area contributed by atoms with Gasteiger partial charge < -0.3 is 5.73 Å². The van der Waals surface area contributed by atoms with Crippen molar-refractivity contribution in [3.05, 3.63) is 10.6 Å². The maximum Gasteiger partial charge on any atom is 0.206 e. The lowest BCUT2D eigenvalue weighted by atomic mass is 10.0. The topological polar surface area (TPSA) is 54.5 Å². The zero-order valence-electron chi connectivity index (χ0n) is 9.44. The molecule has 0 radical (unpaired) electrons. The van der Waals surface area contributed by atoms with Gasteiger partial charge in [0.25, 0.3) is 0 Å². The molecular weight excluding hydrogens is 220 g/mol. The molecule has 0 fully saturated rings. The smallest absolute Gasteiger partial charge is 0.206 e. The van der Waals surface area contributed by atoms with Gasteiger partial charge in [-0.3, -0.25) is 0 Å². The summed E-state index contributed by atoms with van der Waals surface area (Å²) in [6.07, 6.45) is 5.75. The standard InChI is InChI=1S/C11H16N4S/c1-7-6-10(12)14-15(7)11-13-8-4-2-3-5-9(8)16-11/h7H,2-6H2,1H3,(H2,12,14). The molecule has 4 nitrogen and oxygen atoms in total. The largest absolute Gasteiger partial charge is 0.386 e. The van der Waals surface area contributed by atoms with Crippen LogP contribution in [0.15, 0.2) is 5.10 Å². The first kappa shape index (κ1) is 10.1. The Morgan fingerprint density at radius 1 is 1.38 bits per heavy atom. The number of fused-ring (bicyclic) bond motifs is 1. The van der Waals surface area contributed by atoms with Crippen LogP contribution in [0.5, 0.6) is 0 Å². The highest BCUT2D eigenvalue weighted by atomic mass is 32.1. The van der Waals surface area contributed by atoms with Crippen molar-refractivity contribution in [3.8, 4) is 0 Å². The Kier molecular flexibility index (Phi) is 2.35. The molecule has 2 N–H and O–H groups in total. The van der Waals surface area contributed by atoms with Crippen molar-refractivity contribution in [2.24, 2.45) is 10.8 Å². The lowest BCUT2D eigenvalue weighted by Crippen LogP contribution is -2.22. The second-order valence-corrected chi connectivity index (χ2v) is 5.62. The number of nitrogens with zero attached hydrogens (tertiary/aromatic N) is 3. The molecule has 1 aliphatic carbocycles. The Morgan fingerprint density at radius 3 is 2.88 bits per heavy atom. The summed E-state index contributed by atoms with van der Waals surface area (Å²) < 4.78 is 0. The van der Waals surface area contributed by atoms with Gasteiger partial charge in [-0.15, -0.1) is 0 Å². The molecule has 2 heterocycles. The molecule has 5 heteroatoms. The average molecular weight is 236 g/mol. The van der Waals surface area contributed by atoms with Gasteiger partial charge in [0.2, 0.25) is 5.13 Å². The van der Waals surface area contributed by atoms with Crippen molar-refractivity contribution in [3.63, 3.8) is 0 Å². The van der Waals surface area contributed by atoms with Crippen LogP contribution < -0.4 is 10.7 Å². The first-order chi connectivity index (χ1) is 7.74. The molecule has 0 bridgehead atoms. The highest BCUT2D eigenvalue weighted by molar-refractivity contribution is 7.15. The van der Waals surface area contributed by atoms with Gasteiger partial charge in [-0.2, -0.15) is 5.10 Å². The number of hydrazone groups is 1. The van der Waals surface area contributed by atoms with Crippen LogP contribution in [0.2, 0.25) is 0 Å². The number of aryl methyl sites for hydroxylation is 2. The summed E-state index contributed by atoms with van der Waals surface area (Å²) >= 11 is 1.79. The van der Waals surface area contributed by atoms with Gasteiger partial charge in [-0.05, 0) is 32.6 Å². The third-order valence-corrected chi connectivity index (χ3v) is 4.34. The molecule has 0 aromatic carbocycles. The van der Waals surface area contributed by atoms with E-state index in [1.165, 1.54) is 29.8 Å². The minimum absolute atomic E-state index is 0.354. The molecule has 0 amide bonds. The Morgan fingerprint density at radius 2 is 2.19 bits per heavy atom. The number of rotatable bonds is 1. The quantitative estimate of drug-likeness (QED) is 0.810. The van der Waals surface area contributed by atoms with E-state index in [2.05, 4.69) is 12.0 Å². The van der Waals surface area contributed by atoms with Crippen molar-refractivity contribution in [2.75, 3.05) is 5.01 Å². The van der Waals surface area contributed by atoms with Crippen LogP contribution in [0.1, 0.15) is 36.8 Å². The fraction of sp³-hybridized carbons (Fsp3) is 0.636. The minimum Gasteiger partial charge on any atom is -0.386 e. The van der Waals surface area contributed by atoms with Crippen LogP contribution in [0.25, 0.3) is 0 Å². The molecule has 16 heavy (non-hydrogen) atoms. The predicted octanol–water partition coefficient (Wildman–Crippen LogP) is 1.89. The molecule has 2 aliphatic rings. The van der Waals surface area contributed by atoms with Crippen molar-refractivity contribution in [2.45, 2.75) is 45.1 Å². The maximum absolute atomic E-state index is 5.76. The molecule has 1 atom stereocenters. The van der Waals surface area contributed by atoms with E-state index in [1.54, 1.807) is 11.3 Å². The molecule has 3 rings (SSSR count). The maximum atomic E-state index is 5.76. The molecule has 1 aromatic heterocycles. The van der Waals surface area contributed by atoms with Crippen molar-refractivity contribution in [1.82, 2.24) is 4.98 Å². The van der Waals surface area contributed by atoms with E-state index in [-0.39, 0.29) is 0 Å². The molecule has 0 spiro atoms. The van der Waals surface area contributed by atoms with Crippen molar-refractivity contribution < 1.29 is 0 Å². The Bertz CT molecular complexity index is 414. The van der Waals surface area contributed by atoms with Crippen LogP contribution in [0.3, 0.4) is 0 Å². The normalized spacial score (nSPS) is 24.4. The lowest BCUT2D eigenvalue weighted by Gasteiger charge is -2.15. The van der Waals surface area contributed by atoms with Gasteiger partial charge in [0.1, 0.15) is 5.84 Å². The van der Waals surface area contributed by atoms with Crippen LogP contribution in [-0.2, 0) is 12.8 Å². The Balaban J connectivity index is 1.92. The van der Waals surface area contributed by atoms with Gasteiger partial charge in [-0.25, -0.2) is 9.99 Å². The van der Waals surface area contributed by atoms with Crippen LogP contribution in [0.4, 0.5) is 5.13 Å². The molecule has 0 saturated heterocycles. The number of anilines is 1. The number of aromatic nitrogens is 1. The molecule has 86 valence electrons. The summed E-state index contributed by atoms with van der Waals surface area (Å²) in [4.78, 5) is 6.15. The summed E-state index contributed by atoms with van der Waals surface area (Å²) in [6.45, 7) is 2.14. The zero-order chi connectivity index (χ0) is 11.1. The van der Waals surface area contributed by atoms with E-state index in [9.17, 15) is 0 Å². The van der Waals surface area contributed by atoms with E-state index in [1.807, 2.05) is 5.01 Å². The Labute approximate surface area is 99.2 Å². The SMILES string of the molecule is CC1CC(N)=NN1c1nc2c(s1)CCCC2. The summed E-state index contributed by atoms with van der Waals surface area (Å²) in [7, 11) is 0. The zero-order valence-corrected chi connectivity index (χ0v) is 10.3. The van der Waals surface area contributed by atoms with Gasteiger partial charge in [-0.1, -0.05) is 11.3 Å². The predicted molar refractivity (Wildman–Crippen MR) is 66.9 cm³/mol. The van der Waals surface area contributed by atoms with Crippen molar-refractivity contribution in [1.29, 1.82) is 0 Å². The van der Waals surface area contributed by atoms with Crippen molar-refractivity contribution >= 4 is 22.3 Å². The first-order valence-electron chi connectivity index (χ1n) is 5.85. The number of hydrogen-bond acceptors (Lipinski definition) is 5. The van der Waals surface area contributed by atoms with Gasteiger partial charge in [0.15, 0.2) is 0 Å². The second-order valence-electron chi connectivity index (χ2n) is 4.56. The molecule has 1 aromatic rings. The monoisotopic (exact) mass is 236 g/mol. The van der Waals surface area contributed by atoms with Crippen LogP contribution in [0, 0.1) is 0 Å². The third-order valence-electron chi connectivity index (χ3n) is 3.19. The molecule has 1 unspecified atom stereocenters. The summed E-state index contributed by atoms with van der Waals surface area (Å²) in [5.74, 6) is 0.723. The van der Waals surface area contributed by atoms with E-state index < -0.39 is 0 Å². The summed E-state index contributed by atoms with van der Waals surface area (Å²) in [5, 5.41) is 7.37. The lowest BCUT2D eigenvalue weighted by molar-refractivity contribution is 0.677. The van der Waals surface area contributed by atoms with E-state index in [4.69, 9.17) is 10.7 Å². The Hall–Kier alpha value is -1.10. The number of thiazole rings is 1. The minimum atomic E-state index is 0.354. The van der Waals surface area contributed by atoms with E-state index in [0.717, 1.165) is 23.8 Å². The summed E-state index contributed by atoms with van der Waals surface area (Å²) in [6, 6.07) is 0.354. The number of hydrogen-bond donors (Lipinski definition) is 1. The summed E-state index contributed by atoms with van der Waals surface area (Å²) in [5.41, 5.74) is 7.05. The fourth-order valence-electron chi connectivity index (χ4n) is 2.33. The molecular formula is C11H16N4S. The molecule has 1 aliphatic heterocycles. The van der Waals surface area contributed by atoms with Gasteiger partial charge in [0.05, 0.1) is 11.7 Å². The van der Waals surface area contributed by atoms with Gasteiger partial charge >= 0.3 is 0 Å². The third kappa shape index (κ3) is 1.59.